The maximum absolute atomic E-state index is 11.6. The first-order valence-electron chi connectivity index (χ1n) is 5.72. The molecule has 18 heavy (non-hydrogen) atoms. The maximum Gasteiger partial charge on any atom is 0.273 e. The molecule has 0 aliphatic rings. The number of aromatic nitrogens is 4. The van der Waals surface area contributed by atoms with Crippen LogP contribution in [0.15, 0.2) is 16.8 Å². The molecular weight excluding hydrogens is 234 g/mol. The average Bonchev–Trinajstić information content (AvgIpc) is 2.93. The number of amides is 1. The molecule has 2 heterocycles. The van der Waals surface area contributed by atoms with Crippen LogP contribution in [0.25, 0.3) is 0 Å². The zero-order valence-electron chi connectivity index (χ0n) is 10.4. The van der Waals surface area contributed by atoms with Crippen LogP contribution in [-0.2, 0) is 13.5 Å². The Labute approximate surface area is 104 Å². The lowest BCUT2D eigenvalue weighted by molar-refractivity contribution is 0.0948. The first kappa shape index (κ1) is 12.3. The normalized spacial score (nSPS) is 10.6. The van der Waals surface area contributed by atoms with E-state index in [0.29, 0.717) is 12.2 Å². The maximum atomic E-state index is 11.6. The van der Waals surface area contributed by atoms with E-state index in [-0.39, 0.29) is 5.91 Å². The Hall–Kier alpha value is -2.18. The van der Waals surface area contributed by atoms with Crippen molar-refractivity contribution in [2.45, 2.75) is 19.8 Å². The van der Waals surface area contributed by atoms with Crippen molar-refractivity contribution in [3.63, 3.8) is 0 Å². The molecule has 7 nitrogen and oxygen atoms in total. The molecule has 0 aliphatic carbocycles. The summed E-state index contributed by atoms with van der Waals surface area (Å²) in [6.07, 6.45) is 3.12. The van der Waals surface area contributed by atoms with E-state index in [0.717, 1.165) is 24.3 Å². The number of carbonyl (C=O) groups is 1. The van der Waals surface area contributed by atoms with Gasteiger partial charge in [-0.05, 0) is 13.3 Å². The SMILES string of the molecule is Cc1cc(CCCNC(=O)c2cn(C)nn2)on1. The molecule has 0 atom stereocenters. The van der Waals surface area contributed by atoms with Crippen molar-refractivity contribution in [1.82, 2.24) is 25.5 Å². The molecule has 0 saturated heterocycles. The fourth-order valence-corrected chi connectivity index (χ4v) is 1.54. The predicted octanol–water partition coefficient (Wildman–Crippen LogP) is 0.474. The molecule has 0 spiro atoms. The van der Waals surface area contributed by atoms with Gasteiger partial charge in [-0.3, -0.25) is 9.48 Å². The number of nitrogens with zero attached hydrogens (tertiary/aromatic N) is 4. The molecule has 2 rings (SSSR count). The number of nitrogens with one attached hydrogen (secondary N) is 1. The largest absolute Gasteiger partial charge is 0.361 e. The highest BCUT2D eigenvalue weighted by Crippen LogP contribution is 2.04. The van der Waals surface area contributed by atoms with Gasteiger partial charge in [0.25, 0.3) is 5.91 Å². The molecule has 7 heteroatoms. The van der Waals surface area contributed by atoms with Crippen LogP contribution in [0.4, 0.5) is 0 Å². The molecular formula is C11H15N5O2. The summed E-state index contributed by atoms with van der Waals surface area (Å²) < 4.78 is 6.56. The quantitative estimate of drug-likeness (QED) is 0.779. The van der Waals surface area contributed by atoms with Crippen molar-refractivity contribution in [3.8, 4) is 0 Å². The van der Waals surface area contributed by atoms with E-state index in [1.807, 2.05) is 13.0 Å². The highest BCUT2D eigenvalue weighted by atomic mass is 16.5. The Kier molecular flexibility index (Phi) is 3.71. The minimum Gasteiger partial charge on any atom is -0.361 e. The lowest BCUT2D eigenvalue weighted by Gasteiger charge is -2.00. The standard InChI is InChI=1S/C11H15N5O2/c1-8-6-9(18-14-8)4-3-5-12-11(17)10-7-16(2)15-13-10/h6-7H,3-5H2,1-2H3,(H,12,17). The number of hydrogen-bond donors (Lipinski definition) is 1. The van der Waals surface area contributed by atoms with Gasteiger partial charge in [-0.15, -0.1) is 5.10 Å². The first-order valence-corrected chi connectivity index (χ1v) is 5.72. The van der Waals surface area contributed by atoms with Gasteiger partial charge in [-0.1, -0.05) is 10.4 Å². The van der Waals surface area contributed by atoms with Crippen molar-refractivity contribution in [3.05, 3.63) is 29.4 Å². The Morgan fingerprint density at radius 1 is 1.56 bits per heavy atom. The molecule has 1 amide bonds. The Bertz CT molecular complexity index is 531. The minimum atomic E-state index is -0.211. The van der Waals surface area contributed by atoms with E-state index in [2.05, 4.69) is 20.8 Å². The molecule has 0 fully saturated rings. The molecule has 1 N–H and O–H groups in total. The molecule has 0 aliphatic heterocycles. The molecule has 0 aromatic carbocycles. The third-order valence-corrected chi connectivity index (χ3v) is 2.40. The summed E-state index contributed by atoms with van der Waals surface area (Å²) in [5.74, 6) is 0.623. The van der Waals surface area contributed by atoms with E-state index in [1.165, 1.54) is 4.68 Å². The fourth-order valence-electron chi connectivity index (χ4n) is 1.54. The third kappa shape index (κ3) is 3.16. The van der Waals surface area contributed by atoms with Gasteiger partial charge >= 0.3 is 0 Å². The summed E-state index contributed by atoms with van der Waals surface area (Å²) in [5, 5.41) is 14.0. The van der Waals surface area contributed by atoms with Gasteiger partial charge in [0.1, 0.15) is 5.76 Å². The average molecular weight is 249 g/mol. The number of carbonyl (C=O) groups excluding carboxylic acids is 1. The summed E-state index contributed by atoms with van der Waals surface area (Å²) in [4.78, 5) is 11.6. The van der Waals surface area contributed by atoms with Crippen LogP contribution in [0, 0.1) is 6.92 Å². The number of aryl methyl sites for hydroxylation is 3. The van der Waals surface area contributed by atoms with Gasteiger partial charge in [-0.2, -0.15) is 0 Å². The Morgan fingerprint density at radius 2 is 2.39 bits per heavy atom. The second-order valence-corrected chi connectivity index (χ2v) is 4.07. The lowest BCUT2D eigenvalue weighted by Crippen LogP contribution is -2.25. The highest BCUT2D eigenvalue weighted by Gasteiger charge is 2.08. The van der Waals surface area contributed by atoms with Gasteiger partial charge in [0.05, 0.1) is 11.9 Å². The van der Waals surface area contributed by atoms with Crippen LogP contribution in [0.1, 0.15) is 28.4 Å². The van der Waals surface area contributed by atoms with Crippen LogP contribution in [0.3, 0.4) is 0 Å². The smallest absolute Gasteiger partial charge is 0.273 e. The number of hydrogen-bond acceptors (Lipinski definition) is 5. The van der Waals surface area contributed by atoms with E-state index in [4.69, 9.17) is 4.52 Å². The molecule has 2 aromatic heterocycles. The fraction of sp³-hybridized carbons (Fsp3) is 0.455. The Balaban J connectivity index is 1.71. The van der Waals surface area contributed by atoms with Gasteiger partial charge in [0, 0.05) is 26.1 Å². The van der Waals surface area contributed by atoms with Crippen molar-refractivity contribution >= 4 is 5.91 Å². The van der Waals surface area contributed by atoms with Crippen LogP contribution < -0.4 is 5.32 Å². The minimum absolute atomic E-state index is 0.211. The van der Waals surface area contributed by atoms with Crippen molar-refractivity contribution in [2.75, 3.05) is 6.54 Å². The van der Waals surface area contributed by atoms with E-state index < -0.39 is 0 Å². The van der Waals surface area contributed by atoms with E-state index in [1.54, 1.807) is 13.2 Å². The van der Waals surface area contributed by atoms with Crippen LogP contribution >= 0.6 is 0 Å². The summed E-state index contributed by atoms with van der Waals surface area (Å²) in [5.41, 5.74) is 1.20. The van der Waals surface area contributed by atoms with E-state index >= 15 is 0 Å². The van der Waals surface area contributed by atoms with Crippen LogP contribution in [-0.4, -0.2) is 32.6 Å². The van der Waals surface area contributed by atoms with E-state index in [9.17, 15) is 4.79 Å². The van der Waals surface area contributed by atoms with Gasteiger partial charge in [0.15, 0.2) is 5.69 Å². The van der Waals surface area contributed by atoms with Crippen LogP contribution in [0.5, 0.6) is 0 Å². The molecule has 0 bridgehead atoms. The van der Waals surface area contributed by atoms with Crippen molar-refractivity contribution in [1.29, 1.82) is 0 Å². The zero-order valence-corrected chi connectivity index (χ0v) is 10.4. The molecule has 96 valence electrons. The second-order valence-electron chi connectivity index (χ2n) is 4.07. The molecule has 0 saturated carbocycles. The summed E-state index contributed by atoms with van der Waals surface area (Å²) in [6, 6.07) is 1.89. The van der Waals surface area contributed by atoms with Crippen molar-refractivity contribution < 1.29 is 9.32 Å². The predicted molar refractivity (Wildman–Crippen MR) is 62.9 cm³/mol. The van der Waals surface area contributed by atoms with Crippen LogP contribution in [0.2, 0.25) is 0 Å². The summed E-state index contributed by atoms with van der Waals surface area (Å²) in [6.45, 7) is 2.44. The highest BCUT2D eigenvalue weighted by molar-refractivity contribution is 5.91. The van der Waals surface area contributed by atoms with Gasteiger partial charge < -0.3 is 9.84 Å². The molecule has 0 radical (unpaired) electrons. The summed E-state index contributed by atoms with van der Waals surface area (Å²) in [7, 11) is 1.72. The summed E-state index contributed by atoms with van der Waals surface area (Å²) >= 11 is 0. The molecule has 0 unspecified atom stereocenters. The van der Waals surface area contributed by atoms with Gasteiger partial charge in [0.2, 0.25) is 0 Å². The zero-order chi connectivity index (χ0) is 13.0. The van der Waals surface area contributed by atoms with Gasteiger partial charge in [-0.25, -0.2) is 0 Å². The lowest BCUT2D eigenvalue weighted by atomic mass is 10.2. The topological polar surface area (TPSA) is 85.8 Å². The molecule has 2 aromatic rings. The Morgan fingerprint density at radius 3 is 3.00 bits per heavy atom. The van der Waals surface area contributed by atoms with Crippen molar-refractivity contribution in [2.24, 2.45) is 7.05 Å². The first-order chi connectivity index (χ1) is 8.65. The monoisotopic (exact) mass is 249 g/mol. The third-order valence-electron chi connectivity index (χ3n) is 2.40. The number of rotatable bonds is 5. The second kappa shape index (κ2) is 5.44.